The van der Waals surface area contributed by atoms with Crippen LogP contribution in [-0.4, -0.2) is 4.70 Å². The van der Waals surface area contributed by atoms with Crippen molar-refractivity contribution in [2.24, 2.45) is 0 Å². The third-order valence-electron chi connectivity index (χ3n) is 9.96. The molecule has 0 spiro atoms. The van der Waals surface area contributed by atoms with Crippen LogP contribution in [0.4, 0.5) is 0 Å². The Labute approximate surface area is 316 Å². The standard InChI is InChI=1S/C39H58N2.2C4H9.Ni/c1-5-9-12-14-16-19-22-32-27-29-34(30-28-32)38-37(26-18-11-7-3)36(8-4)39(41(38)40)35-25-21-24-33(31-35)23-20-17-15-13-10-6-2;2*1-3-4-2;/h21,24-25,27-31H,5-20,22-23,26H2,1-4H3;2*1,3-4H2,2H3;. The first-order valence-electron chi connectivity index (χ1n) is 21.1. The minimum absolute atomic E-state index is 0.926. The molecule has 0 saturated carbocycles. The van der Waals surface area contributed by atoms with Gasteiger partial charge in [-0.25, -0.2) is 4.70 Å². The zero-order chi connectivity index (χ0) is 36.2. The van der Waals surface area contributed by atoms with Gasteiger partial charge < -0.3 is 5.53 Å². The molecule has 3 rings (SSSR count). The van der Waals surface area contributed by atoms with Crippen LogP contribution in [0, 0.1) is 0 Å². The van der Waals surface area contributed by atoms with Gasteiger partial charge in [-0.2, -0.15) is 0 Å². The van der Waals surface area contributed by atoms with Crippen molar-refractivity contribution in [2.45, 2.75) is 200 Å². The maximum absolute atomic E-state index is 11.8. The third-order valence-corrected chi connectivity index (χ3v) is 11.4. The summed E-state index contributed by atoms with van der Waals surface area (Å²) in [4.78, 5) is 0. The van der Waals surface area contributed by atoms with Crippen molar-refractivity contribution in [2.75, 3.05) is 0 Å². The van der Waals surface area contributed by atoms with Gasteiger partial charge in [0.2, 0.25) is 11.4 Å². The Hall–Kier alpha value is -1.99. The first kappa shape index (κ1) is 44.2. The van der Waals surface area contributed by atoms with Crippen molar-refractivity contribution >= 4 is 11.4 Å². The van der Waals surface area contributed by atoms with Crippen LogP contribution in [-0.2, 0) is 27.3 Å². The van der Waals surface area contributed by atoms with E-state index in [2.05, 4.69) is 90.1 Å². The number of hydrogen-bond acceptors (Lipinski definition) is 0. The molecule has 0 saturated heterocycles. The normalized spacial score (nSPS) is 13.0. The van der Waals surface area contributed by atoms with E-state index in [9.17, 15) is 5.53 Å². The first-order chi connectivity index (χ1) is 24.6. The van der Waals surface area contributed by atoms with Crippen molar-refractivity contribution in [3.63, 3.8) is 0 Å². The summed E-state index contributed by atoms with van der Waals surface area (Å²) >= 11 is 1.94. The predicted octanol–water partition coefficient (Wildman–Crippen LogP) is 16.2. The quantitative estimate of drug-likeness (QED) is 0.0497. The zero-order valence-electron chi connectivity index (χ0n) is 33.5. The van der Waals surface area contributed by atoms with Gasteiger partial charge in [0.25, 0.3) is 0 Å². The molecule has 284 valence electrons. The second kappa shape index (κ2) is 28.6. The van der Waals surface area contributed by atoms with Gasteiger partial charge in [-0.05, 0) is 80.3 Å². The van der Waals surface area contributed by atoms with E-state index in [1.807, 2.05) is 14.4 Å². The topological polar surface area (TPSA) is 25.3 Å². The summed E-state index contributed by atoms with van der Waals surface area (Å²) in [5.74, 6) is 0. The van der Waals surface area contributed by atoms with Crippen LogP contribution in [0.3, 0.4) is 0 Å². The molecule has 1 heterocycles. The van der Waals surface area contributed by atoms with E-state index in [1.54, 1.807) is 0 Å². The molecule has 2 aromatic rings. The Kier molecular flexibility index (Phi) is 25.3. The van der Waals surface area contributed by atoms with Crippen LogP contribution in [0.25, 0.3) is 16.9 Å². The molecule has 0 atom stereocenters. The fraction of sp³-hybridized carbons (Fsp3) is 0.660. The van der Waals surface area contributed by atoms with Gasteiger partial charge in [0.15, 0.2) is 0 Å². The number of allylic oxidation sites excluding steroid dienone is 2. The van der Waals surface area contributed by atoms with E-state index in [0.29, 0.717) is 0 Å². The van der Waals surface area contributed by atoms with E-state index in [0.717, 1.165) is 54.6 Å². The zero-order valence-corrected chi connectivity index (χ0v) is 34.5. The number of benzene rings is 2. The SMILES string of the molecule is CCCCCCCCc1ccc(C2=C(CCCCC)C(CC)=C(c3cccc(CCCCCCCC)c3)[N+]2=[N-])cc1.CCC[CH2][Ni][CH2]CCC. The summed E-state index contributed by atoms with van der Waals surface area (Å²) < 4.78 is 1.53. The van der Waals surface area contributed by atoms with Gasteiger partial charge in [-0.1, -0.05) is 129 Å². The van der Waals surface area contributed by atoms with Gasteiger partial charge in [-0.15, -0.1) is 0 Å². The van der Waals surface area contributed by atoms with E-state index >= 15 is 0 Å². The van der Waals surface area contributed by atoms with Crippen LogP contribution in [0.15, 0.2) is 59.7 Å². The minimum atomic E-state index is 0.926. The van der Waals surface area contributed by atoms with E-state index in [-0.39, 0.29) is 0 Å². The van der Waals surface area contributed by atoms with Gasteiger partial charge in [0.05, 0.1) is 0 Å². The van der Waals surface area contributed by atoms with E-state index in [1.165, 1.54) is 153 Å². The first-order valence-corrected chi connectivity index (χ1v) is 22.5. The third kappa shape index (κ3) is 16.6. The van der Waals surface area contributed by atoms with Crippen LogP contribution < -0.4 is 0 Å². The Morgan fingerprint density at radius 1 is 0.460 bits per heavy atom. The van der Waals surface area contributed by atoms with Crippen LogP contribution >= 0.6 is 0 Å². The number of hydrogen-bond donors (Lipinski definition) is 0. The molecule has 1 aliphatic heterocycles. The number of rotatable bonds is 27. The molecule has 3 heteroatoms. The van der Waals surface area contributed by atoms with Crippen molar-refractivity contribution in [1.82, 2.24) is 0 Å². The van der Waals surface area contributed by atoms with Gasteiger partial charge >= 0.3 is 64.8 Å². The molecule has 0 amide bonds. The average molecular weight is 728 g/mol. The second-order valence-corrected chi connectivity index (χ2v) is 15.9. The molecule has 0 aliphatic carbocycles. The van der Waals surface area contributed by atoms with Crippen molar-refractivity contribution in [1.29, 1.82) is 0 Å². The summed E-state index contributed by atoms with van der Waals surface area (Å²) in [5, 5.41) is 2.78. The number of nitrogens with zero attached hydrogens (tertiary/aromatic N) is 2. The summed E-state index contributed by atoms with van der Waals surface area (Å²) in [6.07, 6.45) is 29.2. The summed E-state index contributed by atoms with van der Waals surface area (Å²) in [7, 11) is 0. The molecule has 2 aromatic carbocycles. The van der Waals surface area contributed by atoms with Gasteiger partial charge in [0.1, 0.15) is 0 Å². The van der Waals surface area contributed by atoms with Crippen molar-refractivity contribution in [3.05, 3.63) is 87.5 Å². The van der Waals surface area contributed by atoms with Crippen LogP contribution in [0.1, 0.15) is 199 Å². The molecule has 0 N–H and O–H groups in total. The molecular formula is C47H76N2Ni. The Morgan fingerprint density at radius 2 is 0.940 bits per heavy atom. The predicted molar refractivity (Wildman–Crippen MR) is 218 cm³/mol. The summed E-state index contributed by atoms with van der Waals surface area (Å²) in [6.45, 7) is 13.6. The Bertz CT molecular complexity index is 1230. The van der Waals surface area contributed by atoms with Crippen LogP contribution in [0.5, 0.6) is 0 Å². The van der Waals surface area contributed by atoms with E-state index < -0.39 is 0 Å². The number of aryl methyl sites for hydroxylation is 2. The molecule has 0 fully saturated rings. The molecule has 50 heavy (non-hydrogen) atoms. The summed E-state index contributed by atoms with van der Waals surface area (Å²) in [6, 6.07) is 18.0. The molecule has 2 nitrogen and oxygen atoms in total. The van der Waals surface area contributed by atoms with Crippen molar-refractivity contribution < 1.29 is 19.1 Å². The molecule has 0 bridgehead atoms. The molecule has 0 unspecified atom stereocenters. The fourth-order valence-corrected chi connectivity index (χ4v) is 8.27. The van der Waals surface area contributed by atoms with Crippen molar-refractivity contribution in [3.8, 4) is 0 Å². The molecule has 0 aromatic heterocycles. The Balaban J connectivity index is 0.000000845. The molecular weight excluding hydrogens is 651 g/mol. The second-order valence-electron chi connectivity index (χ2n) is 14.4. The molecule has 0 radical (unpaired) electrons. The van der Waals surface area contributed by atoms with Gasteiger partial charge in [-0.3, -0.25) is 0 Å². The van der Waals surface area contributed by atoms with Crippen LogP contribution in [0.2, 0.25) is 10.8 Å². The van der Waals surface area contributed by atoms with Gasteiger partial charge in [0, 0.05) is 22.3 Å². The van der Waals surface area contributed by atoms with E-state index in [4.69, 9.17) is 0 Å². The maximum atomic E-state index is 11.8. The average Bonchev–Trinajstić information content (AvgIpc) is 3.42. The number of unbranched alkanes of at least 4 members (excludes halogenated alkanes) is 14. The summed E-state index contributed by atoms with van der Waals surface area (Å²) in [5.41, 5.74) is 21.5. The Morgan fingerprint density at radius 3 is 1.50 bits per heavy atom. The fourth-order valence-electron chi connectivity index (χ4n) is 6.83. The molecule has 1 aliphatic rings. The monoisotopic (exact) mass is 727 g/mol.